The Hall–Kier alpha value is -1.29. The molecular weight excluding hydrogens is 250 g/mol. The predicted molar refractivity (Wildman–Crippen MR) is 82.4 cm³/mol. The lowest BCUT2D eigenvalue weighted by atomic mass is 9.94. The van der Waals surface area contributed by atoms with Gasteiger partial charge in [-0.15, -0.1) is 0 Å². The summed E-state index contributed by atoms with van der Waals surface area (Å²) >= 11 is 0. The van der Waals surface area contributed by atoms with Crippen LogP contribution in [-0.2, 0) is 4.74 Å². The minimum atomic E-state index is -0.0219. The molecule has 0 aliphatic carbocycles. The van der Waals surface area contributed by atoms with Crippen LogP contribution in [0.15, 0.2) is 18.3 Å². The minimum Gasteiger partial charge on any atom is -0.379 e. The van der Waals surface area contributed by atoms with Gasteiger partial charge in [-0.25, -0.2) is 4.98 Å². The fourth-order valence-electron chi connectivity index (χ4n) is 3.27. The predicted octanol–water partition coefficient (Wildman–Crippen LogP) is 3.05. The lowest BCUT2D eigenvalue weighted by Gasteiger charge is -2.36. The summed E-state index contributed by atoms with van der Waals surface area (Å²) in [7, 11) is 0. The fourth-order valence-corrected chi connectivity index (χ4v) is 3.27. The first-order valence-corrected chi connectivity index (χ1v) is 7.74. The van der Waals surface area contributed by atoms with Crippen LogP contribution < -0.4 is 10.2 Å². The molecule has 0 spiro atoms. The molecule has 1 aromatic heterocycles. The quantitative estimate of drug-likeness (QED) is 0.920. The first kappa shape index (κ1) is 13.7. The molecule has 3 rings (SSSR count). The zero-order valence-electron chi connectivity index (χ0n) is 12.6. The highest BCUT2D eigenvalue weighted by Crippen LogP contribution is 2.30. The Morgan fingerprint density at radius 2 is 2.15 bits per heavy atom. The van der Waals surface area contributed by atoms with Crippen LogP contribution in [0.1, 0.15) is 39.5 Å². The van der Waals surface area contributed by atoms with Crippen molar-refractivity contribution in [1.82, 2.24) is 4.98 Å². The highest BCUT2D eigenvalue weighted by molar-refractivity contribution is 5.66. The Kier molecular flexibility index (Phi) is 3.83. The van der Waals surface area contributed by atoms with Crippen molar-refractivity contribution in [2.75, 3.05) is 29.9 Å². The van der Waals surface area contributed by atoms with Gasteiger partial charge in [0.1, 0.15) is 0 Å². The van der Waals surface area contributed by atoms with E-state index in [0.717, 1.165) is 38.4 Å². The van der Waals surface area contributed by atoms with E-state index in [1.807, 2.05) is 12.3 Å². The van der Waals surface area contributed by atoms with Crippen molar-refractivity contribution < 1.29 is 4.74 Å². The zero-order valence-corrected chi connectivity index (χ0v) is 12.6. The van der Waals surface area contributed by atoms with E-state index in [1.54, 1.807) is 0 Å². The van der Waals surface area contributed by atoms with Crippen LogP contribution in [-0.4, -0.2) is 36.3 Å². The summed E-state index contributed by atoms with van der Waals surface area (Å²) in [5.41, 5.74) is 1.16. The van der Waals surface area contributed by atoms with Crippen LogP contribution in [0.5, 0.6) is 0 Å². The van der Waals surface area contributed by atoms with Crippen LogP contribution in [0.3, 0.4) is 0 Å². The molecule has 0 amide bonds. The molecule has 0 radical (unpaired) electrons. The Morgan fingerprint density at radius 3 is 2.90 bits per heavy atom. The molecule has 1 N–H and O–H groups in total. The third-order valence-electron chi connectivity index (χ3n) is 4.25. The maximum Gasteiger partial charge on any atom is 0.151 e. The summed E-state index contributed by atoms with van der Waals surface area (Å²) in [6.45, 7) is 7.44. The Labute approximate surface area is 121 Å². The van der Waals surface area contributed by atoms with E-state index < -0.39 is 0 Å². The average molecular weight is 275 g/mol. The SMILES string of the molecule is CC1(C)CC(Nc2cccnc2N2CCCC2)CCO1. The van der Waals surface area contributed by atoms with Crippen molar-refractivity contribution in [2.24, 2.45) is 0 Å². The van der Waals surface area contributed by atoms with Crippen molar-refractivity contribution in [1.29, 1.82) is 0 Å². The smallest absolute Gasteiger partial charge is 0.151 e. The van der Waals surface area contributed by atoms with Crippen LogP contribution >= 0.6 is 0 Å². The highest BCUT2D eigenvalue weighted by atomic mass is 16.5. The number of pyridine rings is 1. The topological polar surface area (TPSA) is 37.4 Å². The maximum absolute atomic E-state index is 5.80. The van der Waals surface area contributed by atoms with Crippen LogP contribution in [0.25, 0.3) is 0 Å². The molecule has 2 aliphatic rings. The number of aromatic nitrogens is 1. The van der Waals surface area contributed by atoms with E-state index in [-0.39, 0.29) is 5.60 Å². The molecule has 2 saturated heterocycles. The molecule has 1 aromatic rings. The average Bonchev–Trinajstić information content (AvgIpc) is 2.92. The first-order chi connectivity index (χ1) is 9.64. The summed E-state index contributed by atoms with van der Waals surface area (Å²) in [6, 6.07) is 4.65. The molecule has 20 heavy (non-hydrogen) atoms. The van der Waals surface area contributed by atoms with Crippen molar-refractivity contribution in [3.05, 3.63) is 18.3 Å². The molecule has 0 bridgehead atoms. The molecule has 2 fully saturated rings. The van der Waals surface area contributed by atoms with Gasteiger partial charge in [-0.05, 0) is 51.7 Å². The molecule has 0 aromatic carbocycles. The molecule has 1 atom stereocenters. The Morgan fingerprint density at radius 1 is 1.35 bits per heavy atom. The van der Waals surface area contributed by atoms with E-state index >= 15 is 0 Å². The van der Waals surface area contributed by atoms with Gasteiger partial charge < -0.3 is 15.0 Å². The molecule has 3 heterocycles. The summed E-state index contributed by atoms with van der Waals surface area (Å²) in [6.07, 6.45) is 6.56. The zero-order chi connectivity index (χ0) is 14.0. The largest absolute Gasteiger partial charge is 0.379 e. The first-order valence-electron chi connectivity index (χ1n) is 7.74. The van der Waals surface area contributed by atoms with Gasteiger partial charge >= 0.3 is 0 Å². The lowest BCUT2D eigenvalue weighted by Crippen LogP contribution is -2.40. The van der Waals surface area contributed by atoms with Gasteiger partial charge in [0.2, 0.25) is 0 Å². The number of nitrogens with one attached hydrogen (secondary N) is 1. The number of anilines is 2. The maximum atomic E-state index is 5.80. The van der Waals surface area contributed by atoms with Gasteiger partial charge in [0, 0.05) is 31.9 Å². The summed E-state index contributed by atoms with van der Waals surface area (Å²) in [5, 5.41) is 3.70. The second-order valence-corrected chi connectivity index (χ2v) is 6.51. The monoisotopic (exact) mass is 275 g/mol. The number of nitrogens with zero attached hydrogens (tertiary/aromatic N) is 2. The Balaban J connectivity index is 1.73. The van der Waals surface area contributed by atoms with Crippen molar-refractivity contribution in [2.45, 2.75) is 51.2 Å². The van der Waals surface area contributed by atoms with Crippen molar-refractivity contribution in [3.63, 3.8) is 0 Å². The molecule has 110 valence electrons. The molecule has 4 nitrogen and oxygen atoms in total. The summed E-state index contributed by atoms with van der Waals surface area (Å²) in [4.78, 5) is 6.99. The van der Waals surface area contributed by atoms with Gasteiger partial charge in [-0.3, -0.25) is 0 Å². The second-order valence-electron chi connectivity index (χ2n) is 6.51. The van der Waals surface area contributed by atoms with Gasteiger partial charge in [0.15, 0.2) is 5.82 Å². The molecule has 0 saturated carbocycles. The van der Waals surface area contributed by atoms with Gasteiger partial charge in [0.25, 0.3) is 0 Å². The standard InChI is InChI=1S/C16H25N3O/c1-16(2)12-13(7-11-20-16)18-14-6-5-8-17-15(14)19-9-3-4-10-19/h5-6,8,13,18H,3-4,7,9-12H2,1-2H3. The van der Waals surface area contributed by atoms with E-state index in [0.29, 0.717) is 6.04 Å². The minimum absolute atomic E-state index is 0.0219. The van der Waals surface area contributed by atoms with Gasteiger partial charge in [0.05, 0.1) is 11.3 Å². The van der Waals surface area contributed by atoms with Crippen molar-refractivity contribution >= 4 is 11.5 Å². The van der Waals surface area contributed by atoms with E-state index in [1.165, 1.54) is 18.5 Å². The number of hydrogen-bond acceptors (Lipinski definition) is 4. The number of rotatable bonds is 3. The summed E-state index contributed by atoms with van der Waals surface area (Å²) in [5.74, 6) is 1.12. The van der Waals surface area contributed by atoms with Gasteiger partial charge in [-0.2, -0.15) is 0 Å². The van der Waals surface area contributed by atoms with Gasteiger partial charge in [-0.1, -0.05) is 0 Å². The van der Waals surface area contributed by atoms with E-state index in [4.69, 9.17) is 4.74 Å². The molecular formula is C16H25N3O. The van der Waals surface area contributed by atoms with Crippen LogP contribution in [0, 0.1) is 0 Å². The summed E-state index contributed by atoms with van der Waals surface area (Å²) < 4.78 is 5.80. The normalized spacial score (nSPS) is 25.7. The molecule has 4 heteroatoms. The van der Waals surface area contributed by atoms with Crippen LogP contribution in [0.2, 0.25) is 0 Å². The number of ether oxygens (including phenoxy) is 1. The van der Waals surface area contributed by atoms with Crippen molar-refractivity contribution in [3.8, 4) is 0 Å². The highest BCUT2D eigenvalue weighted by Gasteiger charge is 2.29. The Bertz CT molecular complexity index is 455. The van der Waals surface area contributed by atoms with E-state index in [9.17, 15) is 0 Å². The fraction of sp³-hybridized carbons (Fsp3) is 0.688. The molecule has 1 unspecified atom stereocenters. The van der Waals surface area contributed by atoms with Crippen LogP contribution in [0.4, 0.5) is 11.5 Å². The second kappa shape index (κ2) is 5.60. The number of hydrogen-bond donors (Lipinski definition) is 1. The third-order valence-corrected chi connectivity index (χ3v) is 4.25. The lowest BCUT2D eigenvalue weighted by molar-refractivity contribution is -0.0553. The third kappa shape index (κ3) is 3.06. The van der Waals surface area contributed by atoms with E-state index in [2.05, 4.69) is 35.1 Å². The molecule has 2 aliphatic heterocycles.